The molecule has 1 aromatic rings. The number of methoxy groups -OCH3 is 1. The van der Waals surface area contributed by atoms with E-state index in [1.807, 2.05) is 0 Å². The second-order valence-electron chi connectivity index (χ2n) is 3.06. The molecule has 0 spiro atoms. The minimum atomic E-state index is 0.0581. The Bertz CT molecular complexity index is 369. The highest BCUT2D eigenvalue weighted by molar-refractivity contribution is 6.03. The van der Waals surface area contributed by atoms with Crippen molar-refractivity contribution in [1.29, 1.82) is 0 Å². The summed E-state index contributed by atoms with van der Waals surface area (Å²) in [6, 6.07) is 3.19. The van der Waals surface area contributed by atoms with Crippen molar-refractivity contribution in [1.82, 2.24) is 0 Å². The zero-order chi connectivity index (χ0) is 9.42. The summed E-state index contributed by atoms with van der Waals surface area (Å²) in [6.45, 7) is 0. The number of ether oxygens (including phenoxy) is 1. The lowest BCUT2D eigenvalue weighted by Crippen LogP contribution is -1.96. The number of Topliss-reactive ketones (excluding diaryl/α,β-unsaturated/α-hetero) is 1. The molecule has 1 aromatic carbocycles. The van der Waals surface area contributed by atoms with Crippen molar-refractivity contribution in [2.24, 2.45) is 0 Å². The van der Waals surface area contributed by atoms with Crippen molar-refractivity contribution in [2.45, 2.75) is 12.8 Å². The average molecular weight is 178 g/mol. The zero-order valence-electron chi connectivity index (χ0n) is 7.33. The predicted molar refractivity (Wildman–Crippen MR) is 47.3 cm³/mol. The van der Waals surface area contributed by atoms with Crippen LogP contribution in [0, 0.1) is 0 Å². The Morgan fingerprint density at radius 2 is 2.15 bits per heavy atom. The van der Waals surface area contributed by atoms with Crippen molar-refractivity contribution in [3.8, 4) is 11.5 Å². The lowest BCUT2D eigenvalue weighted by atomic mass is 10.1. The Hall–Kier alpha value is -1.51. The Balaban J connectivity index is 2.66. The third-order valence-corrected chi connectivity index (χ3v) is 2.35. The fraction of sp³-hybridized carbons (Fsp3) is 0.300. The zero-order valence-corrected chi connectivity index (χ0v) is 7.33. The first-order chi connectivity index (χ1) is 6.24. The van der Waals surface area contributed by atoms with Crippen LogP contribution in [0.15, 0.2) is 12.1 Å². The molecule has 1 aliphatic rings. The summed E-state index contributed by atoms with van der Waals surface area (Å²) in [6.07, 6.45) is 1.10. The Morgan fingerprint density at radius 3 is 2.85 bits per heavy atom. The molecule has 1 aliphatic carbocycles. The molecule has 0 bridgehead atoms. The molecule has 1 N–H and O–H groups in total. The van der Waals surface area contributed by atoms with Crippen LogP contribution >= 0.6 is 0 Å². The molecule has 3 nitrogen and oxygen atoms in total. The molecule has 2 rings (SSSR count). The van der Waals surface area contributed by atoms with Gasteiger partial charge in [-0.2, -0.15) is 0 Å². The predicted octanol–water partition coefficient (Wildman–Crippen LogP) is 1.53. The van der Waals surface area contributed by atoms with Gasteiger partial charge < -0.3 is 9.84 Å². The molecule has 68 valence electrons. The summed E-state index contributed by atoms with van der Waals surface area (Å²) in [5.41, 5.74) is 1.28. The number of carbonyl (C=O) groups excluding carboxylic acids is 1. The molecule has 3 heteroatoms. The van der Waals surface area contributed by atoms with Crippen molar-refractivity contribution in [3.63, 3.8) is 0 Å². The molecule has 0 radical (unpaired) electrons. The van der Waals surface area contributed by atoms with E-state index < -0.39 is 0 Å². The van der Waals surface area contributed by atoms with Crippen molar-refractivity contribution >= 4 is 5.78 Å². The van der Waals surface area contributed by atoms with Crippen LogP contribution in [0.4, 0.5) is 0 Å². The SMILES string of the molecule is COc1ccc(O)c2c1C(=O)CC2. The molecular formula is C10H10O3. The summed E-state index contributed by atoms with van der Waals surface area (Å²) < 4.78 is 5.05. The van der Waals surface area contributed by atoms with Gasteiger partial charge in [-0.25, -0.2) is 0 Å². The van der Waals surface area contributed by atoms with E-state index in [2.05, 4.69) is 0 Å². The Labute approximate surface area is 76.0 Å². The summed E-state index contributed by atoms with van der Waals surface area (Å²) >= 11 is 0. The standard InChI is InChI=1S/C10H10O3/c1-13-9-5-4-7(11)6-2-3-8(12)10(6)9/h4-5,11H,2-3H2,1H3. The van der Waals surface area contributed by atoms with Crippen molar-refractivity contribution in [3.05, 3.63) is 23.3 Å². The molecule has 0 atom stereocenters. The van der Waals surface area contributed by atoms with Gasteiger partial charge in [0, 0.05) is 12.0 Å². The molecule has 0 aromatic heterocycles. The summed E-state index contributed by atoms with van der Waals surface area (Å²) in [7, 11) is 1.53. The average Bonchev–Trinajstić information content (AvgIpc) is 2.51. The summed E-state index contributed by atoms with van der Waals surface area (Å²) in [5.74, 6) is 0.819. The number of phenols is 1. The molecule has 0 fully saturated rings. The maximum absolute atomic E-state index is 11.4. The van der Waals surface area contributed by atoms with E-state index in [0.29, 0.717) is 24.2 Å². The molecule has 0 heterocycles. The van der Waals surface area contributed by atoms with Gasteiger partial charge in [-0.05, 0) is 18.6 Å². The Morgan fingerprint density at radius 1 is 1.38 bits per heavy atom. The number of ketones is 1. The van der Waals surface area contributed by atoms with Gasteiger partial charge >= 0.3 is 0 Å². The van der Waals surface area contributed by atoms with E-state index in [0.717, 1.165) is 5.56 Å². The topological polar surface area (TPSA) is 46.5 Å². The monoisotopic (exact) mass is 178 g/mol. The first kappa shape index (κ1) is 8.10. The van der Waals surface area contributed by atoms with Gasteiger partial charge in [-0.15, -0.1) is 0 Å². The van der Waals surface area contributed by atoms with Gasteiger partial charge in [0.2, 0.25) is 0 Å². The highest BCUT2D eigenvalue weighted by atomic mass is 16.5. The highest BCUT2D eigenvalue weighted by Crippen LogP contribution is 2.36. The largest absolute Gasteiger partial charge is 0.508 e. The van der Waals surface area contributed by atoms with Gasteiger partial charge in [0.05, 0.1) is 12.7 Å². The number of hydrogen-bond acceptors (Lipinski definition) is 3. The van der Waals surface area contributed by atoms with Gasteiger partial charge in [0.15, 0.2) is 5.78 Å². The van der Waals surface area contributed by atoms with Crippen LogP contribution in [0.25, 0.3) is 0 Å². The maximum atomic E-state index is 11.4. The smallest absolute Gasteiger partial charge is 0.167 e. The maximum Gasteiger partial charge on any atom is 0.167 e. The molecule has 0 amide bonds. The number of hydrogen-bond donors (Lipinski definition) is 1. The fourth-order valence-corrected chi connectivity index (χ4v) is 1.71. The third-order valence-electron chi connectivity index (χ3n) is 2.35. The Kier molecular flexibility index (Phi) is 1.72. The number of rotatable bonds is 1. The number of aromatic hydroxyl groups is 1. The van der Waals surface area contributed by atoms with E-state index in [-0.39, 0.29) is 11.5 Å². The van der Waals surface area contributed by atoms with Crippen LogP contribution < -0.4 is 4.74 Å². The molecule has 13 heavy (non-hydrogen) atoms. The third kappa shape index (κ3) is 1.08. The molecule has 0 saturated carbocycles. The molecule has 0 unspecified atom stereocenters. The van der Waals surface area contributed by atoms with Crippen LogP contribution in [-0.4, -0.2) is 18.0 Å². The number of carbonyl (C=O) groups is 1. The lowest BCUT2D eigenvalue weighted by molar-refractivity contribution is 0.0992. The van der Waals surface area contributed by atoms with Gasteiger partial charge in [-0.1, -0.05) is 0 Å². The van der Waals surface area contributed by atoms with E-state index in [9.17, 15) is 9.90 Å². The van der Waals surface area contributed by atoms with Crippen LogP contribution in [0.1, 0.15) is 22.3 Å². The van der Waals surface area contributed by atoms with Crippen LogP contribution in [-0.2, 0) is 6.42 Å². The highest BCUT2D eigenvalue weighted by Gasteiger charge is 2.26. The fourth-order valence-electron chi connectivity index (χ4n) is 1.71. The second-order valence-corrected chi connectivity index (χ2v) is 3.06. The van der Waals surface area contributed by atoms with Crippen molar-refractivity contribution < 1.29 is 14.6 Å². The minimum Gasteiger partial charge on any atom is -0.508 e. The molecule has 0 aliphatic heterocycles. The number of fused-ring (bicyclic) bond motifs is 1. The summed E-state index contributed by atoms with van der Waals surface area (Å²) in [5, 5.41) is 9.46. The summed E-state index contributed by atoms with van der Waals surface area (Å²) in [4.78, 5) is 11.4. The van der Waals surface area contributed by atoms with E-state index in [1.165, 1.54) is 7.11 Å². The van der Waals surface area contributed by atoms with Crippen LogP contribution in [0.2, 0.25) is 0 Å². The van der Waals surface area contributed by atoms with Crippen LogP contribution in [0.3, 0.4) is 0 Å². The first-order valence-electron chi connectivity index (χ1n) is 4.16. The number of benzene rings is 1. The van der Waals surface area contributed by atoms with Gasteiger partial charge in [-0.3, -0.25) is 4.79 Å². The second kappa shape index (κ2) is 2.76. The van der Waals surface area contributed by atoms with Gasteiger partial charge in [0.1, 0.15) is 11.5 Å². The van der Waals surface area contributed by atoms with Crippen molar-refractivity contribution in [2.75, 3.05) is 7.11 Å². The van der Waals surface area contributed by atoms with Gasteiger partial charge in [0.25, 0.3) is 0 Å². The molecule has 0 saturated heterocycles. The van der Waals surface area contributed by atoms with E-state index in [4.69, 9.17) is 4.74 Å². The quantitative estimate of drug-likeness (QED) is 0.709. The lowest BCUT2D eigenvalue weighted by Gasteiger charge is -2.06. The van der Waals surface area contributed by atoms with E-state index >= 15 is 0 Å². The normalized spacial score (nSPS) is 14.4. The number of phenolic OH excluding ortho intramolecular Hbond substituents is 1. The van der Waals surface area contributed by atoms with E-state index in [1.54, 1.807) is 12.1 Å². The first-order valence-corrected chi connectivity index (χ1v) is 4.16. The minimum absolute atomic E-state index is 0.0581. The van der Waals surface area contributed by atoms with Crippen LogP contribution in [0.5, 0.6) is 11.5 Å². The molecular weight excluding hydrogens is 168 g/mol.